The summed E-state index contributed by atoms with van der Waals surface area (Å²) in [6, 6.07) is 15.6. The molecule has 5 heteroatoms. The third-order valence-electron chi connectivity index (χ3n) is 5.00. The van der Waals surface area contributed by atoms with E-state index in [0.29, 0.717) is 5.92 Å². The van der Waals surface area contributed by atoms with Crippen molar-refractivity contribution in [2.75, 3.05) is 18.0 Å². The molecule has 1 radical (unpaired) electrons. The third-order valence-corrected chi connectivity index (χ3v) is 5.34. The molecule has 1 nitrogen and oxygen atoms in total. The van der Waals surface area contributed by atoms with Gasteiger partial charge in [-0.3, -0.25) is 0 Å². The van der Waals surface area contributed by atoms with Crippen LogP contribution in [0.2, 0.25) is 6.82 Å². The van der Waals surface area contributed by atoms with Gasteiger partial charge in [0.1, 0.15) is 7.28 Å². The van der Waals surface area contributed by atoms with Gasteiger partial charge >= 0.3 is 0 Å². The van der Waals surface area contributed by atoms with Gasteiger partial charge in [0.05, 0.1) is 0 Å². The Bertz CT molecular complexity index is 674. The summed E-state index contributed by atoms with van der Waals surface area (Å²) < 4.78 is 26.6. The summed E-state index contributed by atoms with van der Waals surface area (Å²) in [4.78, 5) is 2.42. The molecule has 1 aliphatic heterocycles. The summed E-state index contributed by atoms with van der Waals surface area (Å²) in [7, 11) is 3.77. The molecule has 2 aromatic carbocycles. The Morgan fingerprint density at radius 1 is 1.04 bits per heavy atom. The average Bonchev–Trinajstić information content (AvgIpc) is 2.62. The molecule has 0 bridgehead atoms. The number of halogens is 2. The van der Waals surface area contributed by atoms with Crippen LogP contribution in [0.15, 0.2) is 48.5 Å². The summed E-state index contributed by atoms with van der Waals surface area (Å²) in [5.74, 6) is 0.456. The van der Waals surface area contributed by atoms with Crippen molar-refractivity contribution in [1.29, 1.82) is 0 Å². The second-order valence-electron chi connectivity index (χ2n) is 6.79. The van der Waals surface area contributed by atoms with Crippen LogP contribution in [-0.4, -0.2) is 20.4 Å². The fourth-order valence-corrected chi connectivity index (χ4v) is 3.72. The molecule has 1 unspecified atom stereocenters. The third kappa shape index (κ3) is 4.61. The second kappa shape index (κ2) is 7.87. The van der Waals surface area contributed by atoms with E-state index in [1.807, 2.05) is 12.1 Å². The zero-order valence-corrected chi connectivity index (χ0v) is 15.7. The Morgan fingerprint density at radius 3 is 2.16 bits per heavy atom. The number of nitrogens with zero attached hydrogens (tertiary/aromatic N) is 1. The predicted octanol–water partition coefficient (Wildman–Crippen LogP) is 5.25. The fourth-order valence-electron chi connectivity index (χ4n) is 3.53. The van der Waals surface area contributed by atoms with Crippen LogP contribution in [0.4, 0.5) is 14.5 Å². The quantitative estimate of drug-likeness (QED) is 0.521. The van der Waals surface area contributed by atoms with E-state index in [2.05, 4.69) is 43.3 Å². The summed E-state index contributed by atoms with van der Waals surface area (Å²) >= 11 is 0. The molecule has 1 aliphatic rings. The number of piperidine rings is 1. The van der Waals surface area contributed by atoms with Gasteiger partial charge in [-0.15, -0.1) is 0 Å². The summed E-state index contributed by atoms with van der Waals surface area (Å²) in [5, 5.41) is 0. The first-order valence-electron chi connectivity index (χ1n) is 8.86. The molecule has 0 aromatic heterocycles. The smallest absolute Gasteiger partial charge is 0.283 e. The van der Waals surface area contributed by atoms with Crippen molar-refractivity contribution >= 4 is 22.2 Å². The van der Waals surface area contributed by atoms with Gasteiger partial charge in [0.15, 0.2) is 0 Å². The predicted molar refractivity (Wildman–Crippen MR) is 106 cm³/mol. The molecule has 25 heavy (non-hydrogen) atoms. The van der Waals surface area contributed by atoms with Crippen LogP contribution in [0, 0.1) is 0 Å². The number of rotatable bonds is 5. The number of anilines is 1. The molecule has 3 rings (SSSR count). The van der Waals surface area contributed by atoms with Crippen molar-refractivity contribution in [3.8, 4) is 0 Å². The lowest BCUT2D eigenvalue weighted by molar-refractivity contribution is 0.104. The maximum Gasteiger partial charge on any atom is 0.283 e. The van der Waals surface area contributed by atoms with Crippen LogP contribution < -0.4 is 4.90 Å². The molecule has 0 N–H and O–H groups in total. The molecule has 0 saturated carbocycles. The largest absolute Gasteiger partial charge is 0.371 e. The normalized spacial score (nSPS) is 16.1. The lowest BCUT2D eigenvalue weighted by Gasteiger charge is -2.34. The minimum Gasteiger partial charge on any atom is -0.371 e. The van der Waals surface area contributed by atoms with E-state index in [1.165, 1.54) is 16.8 Å². The van der Waals surface area contributed by atoms with E-state index in [9.17, 15) is 8.78 Å². The van der Waals surface area contributed by atoms with Crippen LogP contribution in [0.25, 0.3) is 0 Å². The molecule has 1 heterocycles. The summed E-state index contributed by atoms with van der Waals surface area (Å²) in [6.07, 6.45) is 3.12. The monoisotopic (exact) mass is 358 g/mol. The van der Waals surface area contributed by atoms with E-state index >= 15 is 0 Å². The van der Waals surface area contributed by atoms with Crippen LogP contribution in [-0.2, 0) is 12.0 Å². The SMILES string of the molecule is C[B]Cc1ccc(N2CCC(c3ccc(C(F)(F)P)cc3)CC2)cc1. The molecular formula is C20H24BF2NP. The second-order valence-corrected chi connectivity index (χ2v) is 7.51. The molecule has 0 amide bonds. The number of benzene rings is 2. The van der Waals surface area contributed by atoms with Gasteiger partial charge < -0.3 is 4.90 Å². The molecular weight excluding hydrogens is 334 g/mol. The molecule has 2 aromatic rings. The average molecular weight is 358 g/mol. The van der Waals surface area contributed by atoms with Crippen LogP contribution in [0.1, 0.15) is 35.4 Å². The highest BCUT2D eigenvalue weighted by Crippen LogP contribution is 2.36. The van der Waals surface area contributed by atoms with E-state index in [-0.39, 0.29) is 5.56 Å². The zero-order valence-electron chi connectivity index (χ0n) is 14.6. The first-order chi connectivity index (χ1) is 12.0. The van der Waals surface area contributed by atoms with E-state index in [4.69, 9.17) is 0 Å². The maximum atomic E-state index is 13.3. The first kappa shape index (κ1) is 18.4. The molecule has 0 spiro atoms. The number of hydrogen-bond acceptors (Lipinski definition) is 1. The van der Waals surface area contributed by atoms with Crippen LogP contribution in [0.5, 0.6) is 0 Å². The molecule has 1 saturated heterocycles. The standard InChI is InChI=1S/C20H24BF2NP/c1-21-14-15-2-8-19(9-3-15)24-12-10-17(11-13-24)16-4-6-18(7-5-16)20(22,23)25/h2-9,17H,10-14,25H2,1H3. The van der Waals surface area contributed by atoms with Crippen LogP contribution >= 0.6 is 9.24 Å². The Kier molecular flexibility index (Phi) is 5.79. The minimum absolute atomic E-state index is 0.0584. The van der Waals surface area contributed by atoms with E-state index in [1.54, 1.807) is 21.4 Å². The highest BCUT2D eigenvalue weighted by Gasteiger charge is 2.25. The molecule has 131 valence electrons. The topological polar surface area (TPSA) is 3.24 Å². The maximum absolute atomic E-state index is 13.3. The Hall–Kier alpha value is -1.41. The number of hydrogen-bond donors (Lipinski definition) is 0. The van der Waals surface area contributed by atoms with Crippen LogP contribution in [0.3, 0.4) is 0 Å². The lowest BCUT2D eigenvalue weighted by Crippen LogP contribution is -2.32. The first-order valence-corrected chi connectivity index (χ1v) is 9.44. The van der Waals surface area contributed by atoms with Crippen molar-refractivity contribution in [2.24, 2.45) is 0 Å². The Balaban J connectivity index is 1.59. The Labute approximate surface area is 152 Å². The minimum atomic E-state index is -2.84. The zero-order chi connectivity index (χ0) is 17.9. The van der Waals surface area contributed by atoms with Gasteiger partial charge in [0.25, 0.3) is 5.66 Å². The van der Waals surface area contributed by atoms with Gasteiger partial charge in [-0.25, -0.2) is 0 Å². The van der Waals surface area contributed by atoms with Crippen molar-refractivity contribution in [1.82, 2.24) is 0 Å². The number of alkyl halides is 2. The van der Waals surface area contributed by atoms with Crippen molar-refractivity contribution in [2.45, 2.75) is 37.6 Å². The highest BCUT2D eigenvalue weighted by molar-refractivity contribution is 7.17. The molecule has 1 fully saturated rings. The van der Waals surface area contributed by atoms with Gasteiger partial charge in [0.2, 0.25) is 0 Å². The lowest BCUT2D eigenvalue weighted by atomic mass is 9.75. The van der Waals surface area contributed by atoms with Crippen molar-refractivity contribution < 1.29 is 8.78 Å². The molecule has 1 atom stereocenters. The van der Waals surface area contributed by atoms with Gasteiger partial charge in [-0.1, -0.05) is 64.3 Å². The van der Waals surface area contributed by atoms with Crippen molar-refractivity contribution in [3.05, 3.63) is 65.2 Å². The van der Waals surface area contributed by atoms with Gasteiger partial charge in [-0.05, 0) is 36.5 Å². The van der Waals surface area contributed by atoms with E-state index in [0.717, 1.165) is 32.3 Å². The summed E-state index contributed by atoms with van der Waals surface area (Å²) in [6.45, 7) is 4.09. The summed E-state index contributed by atoms with van der Waals surface area (Å²) in [5.41, 5.74) is 1.00. The molecule has 0 aliphatic carbocycles. The highest BCUT2D eigenvalue weighted by atomic mass is 31.0. The van der Waals surface area contributed by atoms with Gasteiger partial charge in [0, 0.05) is 24.3 Å². The fraction of sp³-hybridized carbons (Fsp3) is 0.400. The van der Waals surface area contributed by atoms with E-state index < -0.39 is 5.66 Å². The Morgan fingerprint density at radius 2 is 1.64 bits per heavy atom. The van der Waals surface area contributed by atoms with Gasteiger partial charge in [-0.2, -0.15) is 8.78 Å². The van der Waals surface area contributed by atoms with Crippen molar-refractivity contribution in [3.63, 3.8) is 0 Å².